The average Bonchev–Trinajstić information content (AvgIpc) is 2.88. The topological polar surface area (TPSA) is 0 Å². The lowest BCUT2D eigenvalue weighted by molar-refractivity contribution is 0.544. The highest BCUT2D eigenvalue weighted by Gasteiger charge is 2.05. The van der Waals surface area contributed by atoms with E-state index in [0.717, 1.165) is 0 Å². The van der Waals surface area contributed by atoms with Crippen molar-refractivity contribution in [3.63, 3.8) is 0 Å². The van der Waals surface area contributed by atoms with Crippen LogP contribution in [0.15, 0.2) is 24.3 Å². The molecular weight excluding hydrogens is 433 g/mol. The Kier molecular flexibility index (Phi) is 25.5. The summed E-state index contributed by atoms with van der Waals surface area (Å²) in [6.45, 7) is 4.61. The van der Waals surface area contributed by atoms with Gasteiger partial charge in [-0.1, -0.05) is 191 Å². The maximum Gasteiger partial charge on any atom is 0.409 e. The molecule has 0 fully saturated rings. The molecule has 0 aromatic heterocycles. The second-order valence-corrected chi connectivity index (χ2v) is 13.4. The first-order chi connectivity index (χ1) is 17.4. The average molecular weight is 495 g/mol. The van der Waals surface area contributed by atoms with Crippen LogP contribution in [0.3, 0.4) is 0 Å². The van der Waals surface area contributed by atoms with Crippen molar-refractivity contribution in [2.75, 3.05) is 0 Å². The lowest BCUT2D eigenvalue weighted by atomic mass is 10.0. The van der Waals surface area contributed by atoms with Crippen LogP contribution in [0.4, 0.5) is 0 Å². The molecule has 0 unspecified atom stereocenters. The Balaban J connectivity index is 1.95. The van der Waals surface area contributed by atoms with Crippen molar-refractivity contribution < 1.29 is 0 Å². The molecule has 1 heteroatoms. The first-order valence-corrected chi connectivity index (χ1v) is 18.2. The lowest BCUT2D eigenvalue weighted by Crippen LogP contribution is -2.18. The predicted octanol–water partition coefficient (Wildman–Crippen LogP) is 11.4. The van der Waals surface area contributed by atoms with Crippen LogP contribution in [0.25, 0.3) is 0 Å². The molecule has 0 atom stereocenters. The van der Waals surface area contributed by atoms with Crippen LogP contribution in [0, 0.1) is 0 Å². The molecule has 200 valence electrons. The van der Waals surface area contributed by atoms with Crippen molar-refractivity contribution in [2.24, 2.45) is 0 Å². The summed E-state index contributed by atoms with van der Waals surface area (Å²) in [4.78, 5) is 0. The molecule has 0 saturated heterocycles. The van der Waals surface area contributed by atoms with E-state index in [2.05, 4.69) is 38.1 Å². The van der Waals surface area contributed by atoms with Gasteiger partial charge >= 0.3 is 20.4 Å². The number of unbranched alkanes of at least 4 members (excludes halogenated alkanes) is 22. The molecule has 0 aliphatic rings. The van der Waals surface area contributed by atoms with E-state index in [-0.39, 0.29) is 20.4 Å². The summed E-state index contributed by atoms with van der Waals surface area (Å²) >= 11 is -0.0602. The molecule has 35 heavy (non-hydrogen) atoms. The molecule has 0 spiro atoms. The van der Waals surface area contributed by atoms with Crippen molar-refractivity contribution in [1.82, 2.24) is 0 Å². The van der Waals surface area contributed by atoms with Gasteiger partial charge in [-0.3, -0.25) is 0 Å². The van der Waals surface area contributed by atoms with Gasteiger partial charge < -0.3 is 0 Å². The Bertz CT molecular complexity index is 537. The van der Waals surface area contributed by atoms with Crippen LogP contribution >= 0.6 is 0 Å². The quantitative estimate of drug-likeness (QED) is 0.0842. The van der Waals surface area contributed by atoms with E-state index < -0.39 is 0 Å². The standard InChI is InChI=1S/C20H33.C14H29.Mg/c1-2-3-4-5-6-7-8-9-10-11-12-14-17-20-18-15-13-16-19-20;1-3-5-7-9-11-13-14-12-10-8-6-4-2;/h13,15-16,18H,2-12,14,17H2,1H3;1,3-14H2,2H3;. The summed E-state index contributed by atoms with van der Waals surface area (Å²) < 4.78 is 3.30. The van der Waals surface area contributed by atoms with Crippen LogP contribution in [0.2, 0.25) is 4.55 Å². The Hall–Kier alpha value is -0.0138. The zero-order valence-corrected chi connectivity index (χ0v) is 25.8. The summed E-state index contributed by atoms with van der Waals surface area (Å²) in [5.41, 5.74) is 1.70. The molecule has 0 radical (unpaired) electrons. The minimum atomic E-state index is -0.0602. The van der Waals surface area contributed by atoms with Gasteiger partial charge in [0, 0.05) is 0 Å². The van der Waals surface area contributed by atoms with E-state index in [1.807, 2.05) is 0 Å². The van der Waals surface area contributed by atoms with Crippen molar-refractivity contribution in [3.05, 3.63) is 29.8 Å². The largest absolute Gasteiger partial charge is 0.409 e. The first-order valence-electron chi connectivity index (χ1n) is 16.4. The normalized spacial score (nSPS) is 11.1. The van der Waals surface area contributed by atoms with Crippen molar-refractivity contribution in [2.45, 2.75) is 179 Å². The maximum atomic E-state index is 2.46. The number of aryl methyl sites for hydroxylation is 1. The fraction of sp³-hybridized carbons (Fsp3) is 0.824. The van der Waals surface area contributed by atoms with Crippen molar-refractivity contribution in [3.8, 4) is 0 Å². The summed E-state index contributed by atoms with van der Waals surface area (Å²) in [5, 5.41) is 0. The molecule has 0 saturated carbocycles. The minimum Gasteiger partial charge on any atom is -0.171 e. The van der Waals surface area contributed by atoms with Crippen molar-refractivity contribution in [1.29, 1.82) is 0 Å². The third kappa shape index (κ3) is 21.7. The van der Waals surface area contributed by atoms with E-state index in [1.165, 1.54) is 165 Å². The molecule has 0 amide bonds. The summed E-state index contributed by atoms with van der Waals surface area (Å²) in [7, 11) is 0. The Morgan fingerprint density at radius 1 is 0.429 bits per heavy atom. The van der Waals surface area contributed by atoms with E-state index in [1.54, 1.807) is 9.26 Å². The van der Waals surface area contributed by atoms with E-state index in [0.29, 0.717) is 0 Å². The second kappa shape index (κ2) is 27.0. The first kappa shape index (κ1) is 33.0. The van der Waals surface area contributed by atoms with Crippen LogP contribution in [0.1, 0.15) is 174 Å². The molecule has 0 bridgehead atoms. The van der Waals surface area contributed by atoms with Gasteiger partial charge in [-0.05, 0) is 12.8 Å². The molecule has 1 rings (SSSR count). The van der Waals surface area contributed by atoms with Gasteiger partial charge in [0.25, 0.3) is 0 Å². The number of hydrogen-bond donors (Lipinski definition) is 0. The van der Waals surface area contributed by atoms with E-state index >= 15 is 0 Å². The van der Waals surface area contributed by atoms with Crippen LogP contribution in [-0.4, -0.2) is 20.4 Å². The van der Waals surface area contributed by atoms with Gasteiger partial charge in [0.2, 0.25) is 0 Å². The third-order valence-electron chi connectivity index (χ3n) is 7.97. The van der Waals surface area contributed by atoms with Gasteiger partial charge in [-0.25, -0.2) is 0 Å². The molecule has 0 heterocycles. The lowest BCUT2D eigenvalue weighted by Gasteiger charge is -2.10. The molecule has 1 aromatic carbocycles. The summed E-state index contributed by atoms with van der Waals surface area (Å²) in [5.74, 6) is 0. The predicted molar refractivity (Wildman–Crippen MR) is 162 cm³/mol. The van der Waals surface area contributed by atoms with E-state index in [4.69, 9.17) is 0 Å². The van der Waals surface area contributed by atoms with Crippen LogP contribution < -0.4 is 3.69 Å². The fourth-order valence-corrected chi connectivity index (χ4v) is 7.44. The third-order valence-corrected chi connectivity index (χ3v) is 10.0. The second-order valence-electron chi connectivity index (χ2n) is 11.4. The monoisotopic (exact) mass is 494 g/mol. The SMILES string of the molecule is CCCCCCCCCCCCC[CH2][Mg][c]1ccccc1CCCCCCCCCCCCCC. The van der Waals surface area contributed by atoms with Gasteiger partial charge in [0.05, 0.1) is 0 Å². The summed E-state index contributed by atoms with van der Waals surface area (Å²) in [6.07, 6.45) is 36.3. The Labute approximate surface area is 231 Å². The number of benzene rings is 1. The van der Waals surface area contributed by atoms with Crippen LogP contribution in [-0.2, 0) is 6.42 Å². The Morgan fingerprint density at radius 2 is 0.800 bits per heavy atom. The molecule has 1 aromatic rings. The molecule has 0 nitrogen and oxygen atoms in total. The molecule has 0 aliphatic carbocycles. The molecular formula is C34H62Mg. The van der Waals surface area contributed by atoms with Crippen LogP contribution in [0.5, 0.6) is 0 Å². The zero-order chi connectivity index (χ0) is 25.1. The zero-order valence-electron chi connectivity index (χ0n) is 24.4. The minimum absolute atomic E-state index is 0.0602. The smallest absolute Gasteiger partial charge is 0.171 e. The van der Waals surface area contributed by atoms with Gasteiger partial charge in [-0.2, -0.15) is 3.69 Å². The Morgan fingerprint density at radius 3 is 1.26 bits per heavy atom. The van der Waals surface area contributed by atoms with Gasteiger partial charge in [0.15, 0.2) is 0 Å². The number of rotatable bonds is 27. The summed E-state index contributed by atoms with van der Waals surface area (Å²) in [6, 6.07) is 9.46. The highest BCUT2D eigenvalue weighted by Crippen LogP contribution is 2.14. The number of hydrogen-bond acceptors (Lipinski definition) is 0. The highest BCUT2D eigenvalue weighted by molar-refractivity contribution is 6.54. The van der Waals surface area contributed by atoms with E-state index in [9.17, 15) is 0 Å². The maximum absolute atomic E-state index is 2.46. The van der Waals surface area contributed by atoms with Gasteiger partial charge in [-0.15, -0.1) is 4.55 Å². The molecule has 0 aliphatic heterocycles. The highest BCUT2D eigenvalue weighted by atomic mass is 24.5. The molecule has 0 N–H and O–H groups in total. The fourth-order valence-electron chi connectivity index (χ4n) is 5.53. The van der Waals surface area contributed by atoms with Gasteiger partial charge in [0.1, 0.15) is 0 Å². The van der Waals surface area contributed by atoms with Crippen molar-refractivity contribution >= 4 is 24.1 Å².